The van der Waals surface area contributed by atoms with Crippen LogP contribution in [0.2, 0.25) is 0 Å². The van der Waals surface area contributed by atoms with Crippen molar-refractivity contribution in [2.24, 2.45) is 0 Å². The molecule has 1 fully saturated rings. The average molecular weight is 284 g/mol. The molecule has 106 valence electrons. The summed E-state index contributed by atoms with van der Waals surface area (Å²) in [6, 6.07) is -2.42. The molecular formula is C9H8N4O7. The molecule has 11 heteroatoms. The minimum atomic E-state index is -1.63. The minimum absolute atomic E-state index is 0.253. The molecule has 2 rings (SSSR count). The number of carboxylic acids is 3. The Kier molecular flexibility index (Phi) is 3.10. The summed E-state index contributed by atoms with van der Waals surface area (Å²) in [6.07, 6.45) is -0.253. The Hall–Kier alpha value is -2.98. The first kappa shape index (κ1) is 13.5. The van der Waals surface area contributed by atoms with Crippen molar-refractivity contribution >= 4 is 23.8 Å². The molecule has 0 spiro atoms. The van der Waals surface area contributed by atoms with Crippen LogP contribution < -0.4 is 5.32 Å². The molecule has 20 heavy (non-hydrogen) atoms. The van der Waals surface area contributed by atoms with Crippen molar-refractivity contribution < 1.29 is 34.5 Å². The highest BCUT2D eigenvalue weighted by Gasteiger charge is 2.41. The van der Waals surface area contributed by atoms with Gasteiger partial charge in [0.15, 0.2) is 5.69 Å². The monoisotopic (exact) mass is 284 g/mol. The molecule has 0 bridgehead atoms. The molecule has 0 aliphatic carbocycles. The first-order valence-corrected chi connectivity index (χ1v) is 5.28. The van der Waals surface area contributed by atoms with E-state index in [1.54, 1.807) is 0 Å². The Balaban J connectivity index is 2.44. The van der Waals surface area contributed by atoms with Gasteiger partial charge in [-0.2, -0.15) is 0 Å². The molecule has 2 heterocycles. The number of hydrogen-bond acceptors (Lipinski definition) is 6. The van der Waals surface area contributed by atoms with Crippen LogP contribution in [0.1, 0.15) is 33.4 Å². The zero-order valence-electron chi connectivity index (χ0n) is 9.68. The smallest absolute Gasteiger partial charge is 0.359 e. The SMILES string of the molecule is O=C(O)c1nnn(C2CC(C(=O)O)NC2=O)c1C(=O)O. The van der Waals surface area contributed by atoms with Gasteiger partial charge in [0, 0.05) is 6.42 Å². The lowest BCUT2D eigenvalue weighted by atomic mass is 10.1. The van der Waals surface area contributed by atoms with Gasteiger partial charge in [-0.1, -0.05) is 5.21 Å². The lowest BCUT2D eigenvalue weighted by Crippen LogP contribution is -2.33. The van der Waals surface area contributed by atoms with Crippen molar-refractivity contribution in [1.82, 2.24) is 20.3 Å². The summed E-state index contributed by atoms with van der Waals surface area (Å²) in [5.41, 5.74) is -1.59. The second kappa shape index (κ2) is 4.60. The summed E-state index contributed by atoms with van der Waals surface area (Å²) in [7, 11) is 0. The number of carbonyl (C=O) groups is 4. The maximum atomic E-state index is 11.6. The third kappa shape index (κ3) is 2.04. The average Bonchev–Trinajstić information content (AvgIpc) is 2.91. The van der Waals surface area contributed by atoms with E-state index in [1.807, 2.05) is 0 Å². The largest absolute Gasteiger partial charge is 0.480 e. The molecule has 4 N–H and O–H groups in total. The van der Waals surface area contributed by atoms with Gasteiger partial charge in [0.25, 0.3) is 0 Å². The second-order valence-corrected chi connectivity index (χ2v) is 3.99. The first-order valence-electron chi connectivity index (χ1n) is 5.28. The lowest BCUT2D eigenvalue weighted by Gasteiger charge is -2.08. The molecule has 1 aliphatic heterocycles. The van der Waals surface area contributed by atoms with Crippen molar-refractivity contribution in [2.75, 3.05) is 0 Å². The summed E-state index contributed by atoms with van der Waals surface area (Å²) in [5.74, 6) is -5.28. The topological polar surface area (TPSA) is 172 Å². The standard InChI is InChI=1S/C9H8N4O7/c14-6-3(1-2(10-6)7(15)16)13-5(9(19)20)4(8(17)18)11-12-13/h2-3H,1H2,(H,10,14)(H,15,16)(H,17,18)(H,19,20). The highest BCUT2D eigenvalue weighted by Crippen LogP contribution is 2.23. The minimum Gasteiger partial charge on any atom is -0.480 e. The van der Waals surface area contributed by atoms with Crippen molar-refractivity contribution in [2.45, 2.75) is 18.5 Å². The van der Waals surface area contributed by atoms with Crippen LogP contribution in [0.3, 0.4) is 0 Å². The van der Waals surface area contributed by atoms with Crippen LogP contribution in [-0.4, -0.2) is 60.2 Å². The third-order valence-electron chi connectivity index (χ3n) is 2.77. The van der Waals surface area contributed by atoms with E-state index in [9.17, 15) is 19.2 Å². The molecule has 1 aromatic heterocycles. The number of nitrogens with zero attached hydrogens (tertiary/aromatic N) is 3. The number of nitrogens with one attached hydrogen (secondary N) is 1. The van der Waals surface area contributed by atoms with Gasteiger partial charge in [0.1, 0.15) is 12.1 Å². The molecule has 1 aliphatic rings. The summed E-state index contributed by atoms with van der Waals surface area (Å²) in [4.78, 5) is 44.3. The summed E-state index contributed by atoms with van der Waals surface area (Å²) < 4.78 is 0.615. The highest BCUT2D eigenvalue weighted by atomic mass is 16.4. The van der Waals surface area contributed by atoms with Gasteiger partial charge < -0.3 is 20.6 Å². The molecule has 0 saturated carbocycles. The normalized spacial score (nSPS) is 21.5. The Labute approximate surface area is 109 Å². The van der Waals surface area contributed by atoms with Gasteiger partial charge in [0.2, 0.25) is 11.6 Å². The fourth-order valence-electron chi connectivity index (χ4n) is 1.89. The van der Waals surface area contributed by atoms with Crippen LogP contribution in [0.15, 0.2) is 0 Å². The van der Waals surface area contributed by atoms with Gasteiger partial charge in [-0.05, 0) is 0 Å². The predicted molar refractivity (Wildman–Crippen MR) is 57.2 cm³/mol. The number of aliphatic carboxylic acids is 1. The van der Waals surface area contributed by atoms with Crippen molar-refractivity contribution in [3.8, 4) is 0 Å². The predicted octanol–water partition coefficient (Wildman–Crippen LogP) is -1.81. The van der Waals surface area contributed by atoms with Gasteiger partial charge in [-0.3, -0.25) is 4.79 Å². The summed E-state index contributed by atoms with van der Waals surface area (Å²) in [6.45, 7) is 0. The molecule has 2 atom stereocenters. The Morgan fingerprint density at radius 3 is 2.30 bits per heavy atom. The molecule has 11 nitrogen and oxygen atoms in total. The van der Waals surface area contributed by atoms with Crippen molar-refractivity contribution in [3.63, 3.8) is 0 Å². The van der Waals surface area contributed by atoms with E-state index in [0.717, 1.165) is 0 Å². The third-order valence-corrected chi connectivity index (χ3v) is 2.77. The van der Waals surface area contributed by atoms with Crippen molar-refractivity contribution in [1.29, 1.82) is 0 Å². The zero-order valence-corrected chi connectivity index (χ0v) is 9.68. The van der Waals surface area contributed by atoms with E-state index in [-0.39, 0.29) is 6.42 Å². The number of amides is 1. The van der Waals surface area contributed by atoms with Crippen LogP contribution in [0, 0.1) is 0 Å². The molecular weight excluding hydrogens is 276 g/mol. The Morgan fingerprint density at radius 1 is 1.20 bits per heavy atom. The highest BCUT2D eigenvalue weighted by molar-refractivity contribution is 5.99. The zero-order chi connectivity index (χ0) is 15.0. The van der Waals surface area contributed by atoms with Crippen LogP contribution in [-0.2, 0) is 9.59 Å². The molecule has 0 aromatic carbocycles. The number of carbonyl (C=O) groups excluding carboxylic acids is 1. The fraction of sp³-hybridized carbons (Fsp3) is 0.333. The van der Waals surface area contributed by atoms with E-state index in [0.29, 0.717) is 4.68 Å². The van der Waals surface area contributed by atoms with Gasteiger partial charge in [0.05, 0.1) is 0 Å². The number of rotatable bonds is 4. The van der Waals surface area contributed by atoms with E-state index in [2.05, 4.69) is 15.6 Å². The van der Waals surface area contributed by atoms with Gasteiger partial charge >= 0.3 is 17.9 Å². The van der Waals surface area contributed by atoms with Crippen LogP contribution >= 0.6 is 0 Å². The van der Waals surface area contributed by atoms with Gasteiger partial charge in [-0.25, -0.2) is 19.1 Å². The van der Waals surface area contributed by atoms with Crippen LogP contribution in [0.25, 0.3) is 0 Å². The summed E-state index contributed by atoms with van der Waals surface area (Å²) >= 11 is 0. The summed E-state index contributed by atoms with van der Waals surface area (Å²) in [5, 5.41) is 35.3. The quantitative estimate of drug-likeness (QED) is 0.497. The van der Waals surface area contributed by atoms with Crippen molar-refractivity contribution in [3.05, 3.63) is 11.4 Å². The van der Waals surface area contributed by atoms with E-state index < -0.39 is 47.3 Å². The maximum Gasteiger partial charge on any atom is 0.359 e. The molecule has 2 unspecified atom stereocenters. The Morgan fingerprint density at radius 2 is 1.85 bits per heavy atom. The number of aromatic nitrogens is 3. The molecule has 1 aromatic rings. The second-order valence-electron chi connectivity index (χ2n) is 3.99. The first-order chi connectivity index (χ1) is 9.32. The number of carboxylic acid groups (broad SMARTS) is 3. The molecule has 1 saturated heterocycles. The lowest BCUT2D eigenvalue weighted by molar-refractivity contribution is -0.140. The van der Waals surface area contributed by atoms with Crippen LogP contribution in [0.4, 0.5) is 0 Å². The fourth-order valence-corrected chi connectivity index (χ4v) is 1.89. The van der Waals surface area contributed by atoms with Gasteiger partial charge in [-0.15, -0.1) is 5.10 Å². The number of hydrogen-bond donors (Lipinski definition) is 4. The maximum absolute atomic E-state index is 11.6. The number of aromatic carboxylic acids is 2. The van der Waals surface area contributed by atoms with E-state index >= 15 is 0 Å². The van der Waals surface area contributed by atoms with Crippen LogP contribution in [0.5, 0.6) is 0 Å². The van der Waals surface area contributed by atoms with E-state index in [4.69, 9.17) is 15.3 Å². The van der Waals surface area contributed by atoms with E-state index in [1.165, 1.54) is 0 Å². The molecule has 0 radical (unpaired) electrons. The Bertz CT molecular complexity index is 622. The molecule has 1 amide bonds.